The van der Waals surface area contributed by atoms with E-state index in [2.05, 4.69) is 9.71 Å². The maximum Gasteiger partial charge on any atom is 0.261 e. The Balaban J connectivity index is 1.71. The van der Waals surface area contributed by atoms with Gasteiger partial charge in [-0.25, -0.2) is 8.42 Å². The lowest BCUT2D eigenvalue weighted by atomic mass is 10.3. The first-order valence-corrected chi connectivity index (χ1v) is 9.35. The summed E-state index contributed by atoms with van der Waals surface area (Å²) in [4.78, 5) is 4.33. The van der Waals surface area contributed by atoms with Gasteiger partial charge in [-0.1, -0.05) is 12.1 Å². The van der Waals surface area contributed by atoms with Crippen molar-refractivity contribution in [3.63, 3.8) is 0 Å². The van der Waals surface area contributed by atoms with Crippen LogP contribution in [-0.4, -0.2) is 20.5 Å². The van der Waals surface area contributed by atoms with Gasteiger partial charge in [0.05, 0.1) is 23.4 Å². The van der Waals surface area contributed by atoms with Gasteiger partial charge in [0.1, 0.15) is 18.1 Å². The highest BCUT2D eigenvalue weighted by Gasteiger charge is 2.14. The van der Waals surface area contributed by atoms with Crippen LogP contribution in [0.15, 0.2) is 77.8 Å². The van der Waals surface area contributed by atoms with Crippen LogP contribution in [0.1, 0.15) is 5.69 Å². The zero-order chi connectivity index (χ0) is 18.4. The first-order valence-electron chi connectivity index (χ1n) is 7.86. The van der Waals surface area contributed by atoms with E-state index in [0.29, 0.717) is 23.8 Å². The molecule has 0 aliphatic carbocycles. The quantitative estimate of drug-likeness (QED) is 0.689. The lowest BCUT2D eigenvalue weighted by Crippen LogP contribution is -2.12. The minimum Gasteiger partial charge on any atom is -0.497 e. The van der Waals surface area contributed by atoms with E-state index in [1.165, 1.54) is 19.2 Å². The second-order valence-corrected chi connectivity index (χ2v) is 7.10. The average molecular weight is 370 g/mol. The van der Waals surface area contributed by atoms with E-state index < -0.39 is 10.0 Å². The molecule has 134 valence electrons. The summed E-state index contributed by atoms with van der Waals surface area (Å²) in [5.74, 6) is 1.14. The smallest absolute Gasteiger partial charge is 0.261 e. The molecule has 0 saturated heterocycles. The van der Waals surface area contributed by atoms with E-state index in [1.54, 1.807) is 42.6 Å². The van der Waals surface area contributed by atoms with E-state index in [4.69, 9.17) is 9.47 Å². The molecule has 1 heterocycles. The summed E-state index contributed by atoms with van der Waals surface area (Å²) in [5.41, 5.74) is 1.20. The fourth-order valence-corrected chi connectivity index (χ4v) is 3.31. The normalized spacial score (nSPS) is 11.0. The van der Waals surface area contributed by atoms with Gasteiger partial charge >= 0.3 is 0 Å². The van der Waals surface area contributed by atoms with Crippen LogP contribution < -0.4 is 14.2 Å². The maximum absolute atomic E-state index is 12.5. The number of aromatic nitrogens is 1. The van der Waals surface area contributed by atoms with Crippen molar-refractivity contribution in [2.75, 3.05) is 11.8 Å². The Morgan fingerprint density at radius 3 is 2.46 bits per heavy atom. The summed E-state index contributed by atoms with van der Waals surface area (Å²) in [6.07, 6.45) is 1.69. The molecule has 1 N–H and O–H groups in total. The summed E-state index contributed by atoms with van der Waals surface area (Å²) in [6, 6.07) is 18.5. The van der Waals surface area contributed by atoms with Gasteiger partial charge in [-0.2, -0.15) is 0 Å². The van der Waals surface area contributed by atoms with Crippen molar-refractivity contribution in [3.8, 4) is 11.5 Å². The van der Waals surface area contributed by atoms with Crippen LogP contribution in [0.4, 0.5) is 5.69 Å². The van der Waals surface area contributed by atoms with Crippen molar-refractivity contribution in [3.05, 3.63) is 78.6 Å². The Morgan fingerprint density at radius 1 is 0.962 bits per heavy atom. The topological polar surface area (TPSA) is 77.5 Å². The van der Waals surface area contributed by atoms with Crippen LogP contribution in [0.3, 0.4) is 0 Å². The molecule has 3 aromatic rings. The van der Waals surface area contributed by atoms with Gasteiger partial charge in [0.15, 0.2) is 0 Å². The number of sulfonamides is 1. The minimum atomic E-state index is -3.70. The molecule has 3 rings (SSSR count). The number of anilines is 1. The molecule has 0 aliphatic rings. The molecular formula is C19H18N2O4S. The maximum atomic E-state index is 12.5. The molecule has 0 atom stereocenters. The molecule has 0 unspecified atom stereocenters. The van der Waals surface area contributed by atoms with Crippen LogP contribution in [0.5, 0.6) is 11.5 Å². The number of benzene rings is 2. The Bertz CT molecular complexity index is 958. The summed E-state index contributed by atoms with van der Waals surface area (Å²) in [7, 11) is -2.17. The molecule has 7 heteroatoms. The first-order chi connectivity index (χ1) is 12.6. The minimum absolute atomic E-state index is 0.151. The highest BCUT2D eigenvalue weighted by molar-refractivity contribution is 7.92. The summed E-state index contributed by atoms with van der Waals surface area (Å²) in [6.45, 7) is 0.301. The fourth-order valence-electron chi connectivity index (χ4n) is 2.26. The van der Waals surface area contributed by atoms with Crippen LogP contribution >= 0.6 is 0 Å². The fraction of sp³-hybridized carbons (Fsp3) is 0.105. The Morgan fingerprint density at radius 2 is 1.77 bits per heavy atom. The predicted molar refractivity (Wildman–Crippen MR) is 98.8 cm³/mol. The molecule has 0 amide bonds. The van der Waals surface area contributed by atoms with Crippen molar-refractivity contribution < 1.29 is 17.9 Å². The number of ether oxygens (including phenoxy) is 2. The van der Waals surface area contributed by atoms with E-state index >= 15 is 0 Å². The predicted octanol–water partition coefficient (Wildman–Crippen LogP) is 3.47. The zero-order valence-corrected chi connectivity index (χ0v) is 14.9. The molecule has 0 bridgehead atoms. The van der Waals surface area contributed by atoms with Gasteiger partial charge in [-0.3, -0.25) is 9.71 Å². The third-order valence-corrected chi connectivity index (χ3v) is 4.97. The van der Waals surface area contributed by atoms with Gasteiger partial charge in [0.2, 0.25) is 0 Å². The van der Waals surface area contributed by atoms with E-state index in [1.807, 2.05) is 18.2 Å². The number of nitrogens with one attached hydrogen (secondary N) is 1. The number of nitrogens with zero attached hydrogens (tertiary/aromatic N) is 1. The molecule has 0 aliphatic heterocycles. The summed E-state index contributed by atoms with van der Waals surface area (Å²) in [5, 5.41) is 0. The number of hydrogen-bond acceptors (Lipinski definition) is 5. The Kier molecular flexibility index (Phi) is 5.38. The van der Waals surface area contributed by atoms with Gasteiger partial charge in [0, 0.05) is 12.3 Å². The van der Waals surface area contributed by atoms with Gasteiger partial charge in [-0.15, -0.1) is 0 Å². The van der Waals surface area contributed by atoms with Crippen LogP contribution in [-0.2, 0) is 16.6 Å². The van der Waals surface area contributed by atoms with Crippen LogP contribution in [0, 0.1) is 0 Å². The molecular weight excluding hydrogens is 352 g/mol. The van der Waals surface area contributed by atoms with E-state index in [9.17, 15) is 8.42 Å². The SMILES string of the molecule is COc1ccc(S(=O)(=O)Nc2cccc(OCc3ccccn3)c2)cc1. The molecule has 2 aromatic carbocycles. The first kappa shape index (κ1) is 17.8. The standard InChI is InChI=1S/C19H18N2O4S/c1-24-17-8-10-19(11-9-17)26(22,23)21-15-6-4-7-18(13-15)25-14-16-5-2-3-12-20-16/h2-13,21H,14H2,1H3. The van der Waals surface area contributed by atoms with E-state index in [-0.39, 0.29) is 4.90 Å². The lowest BCUT2D eigenvalue weighted by Gasteiger charge is -2.11. The largest absolute Gasteiger partial charge is 0.497 e. The third kappa shape index (κ3) is 4.52. The molecule has 0 radical (unpaired) electrons. The second-order valence-electron chi connectivity index (χ2n) is 5.42. The van der Waals surface area contributed by atoms with Crippen LogP contribution in [0.25, 0.3) is 0 Å². The van der Waals surface area contributed by atoms with Crippen molar-refractivity contribution >= 4 is 15.7 Å². The van der Waals surface area contributed by atoms with Gasteiger partial charge in [0.25, 0.3) is 10.0 Å². The molecule has 26 heavy (non-hydrogen) atoms. The molecule has 1 aromatic heterocycles. The monoisotopic (exact) mass is 370 g/mol. The molecule has 0 fully saturated rings. The summed E-state index contributed by atoms with van der Waals surface area (Å²) < 4.78 is 38.2. The van der Waals surface area contributed by atoms with Crippen molar-refractivity contribution in [1.82, 2.24) is 4.98 Å². The highest BCUT2D eigenvalue weighted by atomic mass is 32.2. The lowest BCUT2D eigenvalue weighted by molar-refractivity contribution is 0.301. The van der Waals surface area contributed by atoms with E-state index in [0.717, 1.165) is 5.69 Å². The zero-order valence-electron chi connectivity index (χ0n) is 14.1. The Hall–Kier alpha value is -3.06. The molecule has 0 spiro atoms. The number of methoxy groups -OCH3 is 1. The van der Waals surface area contributed by atoms with Gasteiger partial charge < -0.3 is 9.47 Å². The Labute approximate surface area is 152 Å². The highest BCUT2D eigenvalue weighted by Crippen LogP contribution is 2.22. The third-order valence-electron chi connectivity index (χ3n) is 3.57. The number of rotatable bonds is 7. The summed E-state index contributed by atoms with van der Waals surface area (Å²) >= 11 is 0. The van der Waals surface area contributed by atoms with Crippen molar-refractivity contribution in [1.29, 1.82) is 0 Å². The van der Waals surface area contributed by atoms with Gasteiger partial charge in [-0.05, 0) is 48.5 Å². The average Bonchev–Trinajstić information content (AvgIpc) is 2.67. The molecule has 0 saturated carbocycles. The van der Waals surface area contributed by atoms with Crippen molar-refractivity contribution in [2.24, 2.45) is 0 Å². The number of pyridine rings is 1. The number of hydrogen-bond donors (Lipinski definition) is 1. The molecule has 6 nitrogen and oxygen atoms in total. The second kappa shape index (κ2) is 7.88. The van der Waals surface area contributed by atoms with Crippen molar-refractivity contribution in [2.45, 2.75) is 11.5 Å². The van der Waals surface area contributed by atoms with Crippen LogP contribution in [0.2, 0.25) is 0 Å².